The minimum absolute atomic E-state index is 0.213. The lowest BCUT2D eigenvalue weighted by molar-refractivity contribution is -0.136. The van der Waals surface area contributed by atoms with Crippen molar-refractivity contribution in [1.29, 1.82) is 0 Å². The lowest BCUT2D eigenvalue weighted by Gasteiger charge is -2.29. The Hall–Kier alpha value is -3.46. The average molecular weight is 598 g/mol. The Morgan fingerprint density at radius 3 is 2.58 bits per heavy atom. The molecule has 7 nitrogen and oxygen atoms in total. The van der Waals surface area contributed by atoms with Crippen molar-refractivity contribution in [2.45, 2.75) is 26.5 Å². The second-order valence-corrected chi connectivity index (χ2v) is 11.1. The van der Waals surface area contributed by atoms with Gasteiger partial charge in [-0.2, -0.15) is 0 Å². The van der Waals surface area contributed by atoms with Gasteiger partial charge in [-0.3, -0.25) is 19.3 Å². The Labute approximate surface area is 246 Å². The maximum absolute atomic E-state index is 13.1. The maximum atomic E-state index is 13.1. The normalized spacial score (nSPS) is 15.9. The molecule has 0 spiro atoms. The summed E-state index contributed by atoms with van der Waals surface area (Å²) in [5.74, 6) is 0.253. The molecule has 1 saturated heterocycles. The fourth-order valence-electron chi connectivity index (χ4n) is 4.53. The number of carbonyl (C=O) groups excluding carboxylic acids is 3. The molecule has 10 heteroatoms. The summed E-state index contributed by atoms with van der Waals surface area (Å²) < 4.78 is 11.7. The van der Waals surface area contributed by atoms with Crippen LogP contribution >= 0.6 is 35.0 Å². The molecule has 0 radical (unpaired) electrons. The summed E-state index contributed by atoms with van der Waals surface area (Å²) in [7, 11) is 0. The van der Waals surface area contributed by atoms with Crippen molar-refractivity contribution in [3.8, 4) is 11.5 Å². The highest BCUT2D eigenvalue weighted by Crippen LogP contribution is 2.35. The van der Waals surface area contributed by atoms with Gasteiger partial charge in [0.25, 0.3) is 11.1 Å². The van der Waals surface area contributed by atoms with Crippen LogP contribution in [-0.4, -0.2) is 46.5 Å². The van der Waals surface area contributed by atoms with Gasteiger partial charge in [-0.25, -0.2) is 0 Å². The third-order valence-electron chi connectivity index (χ3n) is 6.61. The van der Waals surface area contributed by atoms with Crippen molar-refractivity contribution < 1.29 is 23.9 Å². The molecule has 40 heavy (non-hydrogen) atoms. The van der Waals surface area contributed by atoms with Crippen LogP contribution in [0.15, 0.2) is 65.6 Å². The fourth-order valence-corrected chi connectivity index (χ4v) is 5.83. The quantitative estimate of drug-likeness (QED) is 0.273. The summed E-state index contributed by atoms with van der Waals surface area (Å²) >= 11 is 13.0. The second kappa shape index (κ2) is 12.4. The van der Waals surface area contributed by atoms with Crippen LogP contribution in [0.25, 0.3) is 6.08 Å². The van der Waals surface area contributed by atoms with E-state index >= 15 is 0 Å². The van der Waals surface area contributed by atoms with E-state index in [1.807, 2.05) is 25.1 Å². The molecule has 0 saturated carbocycles. The summed E-state index contributed by atoms with van der Waals surface area (Å²) in [6.45, 7) is 3.22. The van der Waals surface area contributed by atoms with Gasteiger partial charge >= 0.3 is 0 Å². The van der Waals surface area contributed by atoms with Crippen LogP contribution in [0.2, 0.25) is 10.0 Å². The Morgan fingerprint density at radius 2 is 1.80 bits per heavy atom. The smallest absolute Gasteiger partial charge is 0.294 e. The fraction of sp³-hybridized carbons (Fsp3) is 0.233. The Kier molecular flexibility index (Phi) is 8.69. The first-order valence-electron chi connectivity index (χ1n) is 12.8. The molecular formula is C30H26Cl2N2O5S. The number of carbonyl (C=O) groups is 3. The molecule has 1 fully saturated rings. The first-order chi connectivity index (χ1) is 19.3. The van der Waals surface area contributed by atoms with Crippen LogP contribution in [0.4, 0.5) is 4.79 Å². The van der Waals surface area contributed by atoms with E-state index in [-0.39, 0.29) is 24.0 Å². The molecule has 0 N–H and O–H groups in total. The molecule has 2 heterocycles. The van der Waals surface area contributed by atoms with Crippen molar-refractivity contribution in [2.24, 2.45) is 0 Å². The van der Waals surface area contributed by atoms with Crippen LogP contribution in [0.1, 0.15) is 29.2 Å². The third-order valence-corrected chi connectivity index (χ3v) is 8.11. The average Bonchev–Trinajstić information content (AvgIpc) is 3.20. The van der Waals surface area contributed by atoms with E-state index in [1.165, 1.54) is 5.56 Å². The third kappa shape index (κ3) is 6.30. The van der Waals surface area contributed by atoms with E-state index < -0.39 is 11.1 Å². The number of rotatable bonds is 8. The molecular weight excluding hydrogens is 571 g/mol. The zero-order chi connectivity index (χ0) is 28.2. The van der Waals surface area contributed by atoms with Crippen molar-refractivity contribution in [3.05, 3.63) is 97.9 Å². The minimum atomic E-state index is -0.489. The molecule has 5 rings (SSSR count). The summed E-state index contributed by atoms with van der Waals surface area (Å²) in [5.41, 5.74) is 3.74. The molecule has 2 aliphatic rings. The van der Waals surface area contributed by atoms with Crippen LogP contribution in [0.5, 0.6) is 11.5 Å². The molecule has 3 amide bonds. The summed E-state index contributed by atoms with van der Waals surface area (Å²) in [5, 5.41) is 0.576. The zero-order valence-electron chi connectivity index (χ0n) is 21.7. The molecule has 0 bridgehead atoms. The van der Waals surface area contributed by atoms with Crippen LogP contribution in [0.3, 0.4) is 0 Å². The Morgan fingerprint density at radius 1 is 1.00 bits per heavy atom. The number of hydrogen-bond acceptors (Lipinski definition) is 6. The van der Waals surface area contributed by atoms with Gasteiger partial charge in [0.05, 0.1) is 11.5 Å². The molecule has 3 aromatic carbocycles. The van der Waals surface area contributed by atoms with Crippen molar-refractivity contribution >= 4 is 58.1 Å². The van der Waals surface area contributed by atoms with E-state index in [2.05, 4.69) is 6.07 Å². The zero-order valence-corrected chi connectivity index (χ0v) is 24.0. The monoisotopic (exact) mass is 596 g/mol. The number of benzene rings is 3. The Bertz CT molecular complexity index is 1510. The number of halogens is 2. The molecule has 3 aromatic rings. The van der Waals surface area contributed by atoms with Gasteiger partial charge in [-0.05, 0) is 72.1 Å². The van der Waals surface area contributed by atoms with E-state index in [9.17, 15) is 14.4 Å². The van der Waals surface area contributed by atoms with E-state index in [1.54, 1.807) is 47.4 Å². The number of fused-ring (bicyclic) bond motifs is 1. The van der Waals surface area contributed by atoms with E-state index in [0.29, 0.717) is 46.8 Å². The Balaban J connectivity index is 1.26. The first-order valence-corrected chi connectivity index (χ1v) is 14.3. The van der Waals surface area contributed by atoms with Gasteiger partial charge in [0.2, 0.25) is 5.91 Å². The summed E-state index contributed by atoms with van der Waals surface area (Å²) in [6.07, 6.45) is 2.37. The topological polar surface area (TPSA) is 76.2 Å². The number of nitrogens with zero attached hydrogens (tertiary/aromatic N) is 2. The van der Waals surface area contributed by atoms with Gasteiger partial charge < -0.3 is 14.4 Å². The molecule has 206 valence electrons. The molecule has 0 atom stereocenters. The van der Waals surface area contributed by atoms with Crippen molar-refractivity contribution in [1.82, 2.24) is 9.80 Å². The number of imide groups is 1. The lowest BCUT2D eigenvalue weighted by Crippen LogP contribution is -2.44. The highest BCUT2D eigenvalue weighted by molar-refractivity contribution is 8.18. The molecule has 0 unspecified atom stereocenters. The summed E-state index contributed by atoms with van der Waals surface area (Å²) in [6, 6.07) is 18.4. The van der Waals surface area contributed by atoms with Gasteiger partial charge in [0, 0.05) is 28.7 Å². The lowest BCUT2D eigenvalue weighted by atomic mass is 10.00. The highest BCUT2D eigenvalue weighted by Gasteiger charge is 2.37. The van der Waals surface area contributed by atoms with E-state index in [4.69, 9.17) is 32.7 Å². The van der Waals surface area contributed by atoms with Crippen LogP contribution < -0.4 is 9.47 Å². The van der Waals surface area contributed by atoms with Gasteiger partial charge in [-0.1, -0.05) is 59.6 Å². The summed E-state index contributed by atoms with van der Waals surface area (Å²) in [4.78, 5) is 41.7. The van der Waals surface area contributed by atoms with Gasteiger partial charge in [0.15, 0.2) is 11.5 Å². The molecule has 2 aliphatic heterocycles. The number of amides is 3. The number of hydrogen-bond donors (Lipinski definition) is 0. The number of ether oxygens (including phenoxy) is 2. The highest BCUT2D eigenvalue weighted by atomic mass is 35.5. The van der Waals surface area contributed by atoms with Gasteiger partial charge in [0.1, 0.15) is 13.2 Å². The minimum Gasteiger partial charge on any atom is -0.490 e. The SMILES string of the molecule is CCOc1cc(/C=C2/SC(=O)N(CC(=O)N3CCc4ccccc4C3)C2=O)ccc1OCc1ccc(Cl)cc1Cl. The standard InChI is InChI=1S/C30H26Cl2N2O5S/c1-2-38-26-13-19(7-10-25(26)39-18-22-8-9-23(31)15-24(22)32)14-27-29(36)34(30(37)40-27)17-28(35)33-12-11-20-5-3-4-6-21(20)16-33/h3-10,13-15H,2,11-12,16-18H2,1H3/b27-14+. The predicted molar refractivity (Wildman–Crippen MR) is 157 cm³/mol. The van der Waals surface area contributed by atoms with Crippen LogP contribution in [0, 0.1) is 0 Å². The largest absolute Gasteiger partial charge is 0.490 e. The second-order valence-electron chi connectivity index (χ2n) is 9.27. The molecule has 0 aromatic heterocycles. The molecule has 0 aliphatic carbocycles. The van der Waals surface area contributed by atoms with E-state index in [0.717, 1.165) is 34.2 Å². The van der Waals surface area contributed by atoms with Crippen LogP contribution in [-0.2, 0) is 29.2 Å². The van der Waals surface area contributed by atoms with Crippen molar-refractivity contribution in [3.63, 3.8) is 0 Å². The number of thioether (sulfide) groups is 1. The first kappa shape index (κ1) is 28.1. The van der Waals surface area contributed by atoms with Gasteiger partial charge in [-0.15, -0.1) is 0 Å². The maximum Gasteiger partial charge on any atom is 0.294 e. The predicted octanol–water partition coefficient (Wildman–Crippen LogP) is 6.59. The van der Waals surface area contributed by atoms with Crippen molar-refractivity contribution in [2.75, 3.05) is 19.7 Å².